The van der Waals surface area contributed by atoms with Gasteiger partial charge in [-0.2, -0.15) is 0 Å². The summed E-state index contributed by atoms with van der Waals surface area (Å²) in [6.45, 7) is 4.05. The van der Waals surface area contributed by atoms with Crippen LogP contribution in [0.15, 0.2) is 18.2 Å². The highest BCUT2D eigenvalue weighted by atomic mass is 35.5. The quantitative estimate of drug-likeness (QED) is 0.782. The van der Waals surface area contributed by atoms with Crippen LogP contribution in [0.2, 0.25) is 5.02 Å². The van der Waals surface area contributed by atoms with Gasteiger partial charge in [-0.05, 0) is 31.5 Å². The molecule has 0 unspecified atom stereocenters. The van der Waals surface area contributed by atoms with Crippen molar-refractivity contribution in [3.8, 4) is 0 Å². The average Bonchev–Trinajstić information content (AvgIpc) is 2.39. The first kappa shape index (κ1) is 16.2. The zero-order valence-electron chi connectivity index (χ0n) is 11.3. The minimum atomic E-state index is -0.680. The normalized spacial score (nSPS) is 11.6. The summed E-state index contributed by atoms with van der Waals surface area (Å²) in [6, 6.07) is 2.35. The van der Waals surface area contributed by atoms with Crippen molar-refractivity contribution >= 4 is 29.2 Å². The number of carbonyl (C=O) groups excluding carboxylic acids is 2. The van der Waals surface area contributed by atoms with Gasteiger partial charge >= 0.3 is 6.03 Å². The molecule has 7 heteroatoms. The van der Waals surface area contributed by atoms with Crippen molar-refractivity contribution in [3.05, 3.63) is 29.0 Å². The highest BCUT2D eigenvalue weighted by Crippen LogP contribution is 2.22. The molecule has 3 N–H and O–H groups in total. The maximum atomic E-state index is 12.9. The summed E-state index contributed by atoms with van der Waals surface area (Å²) in [5.41, 5.74) is 0.270. The van der Waals surface area contributed by atoms with Gasteiger partial charge in [-0.25, -0.2) is 9.18 Å². The number of anilines is 1. The van der Waals surface area contributed by atoms with Gasteiger partial charge in [0.2, 0.25) is 5.91 Å². The van der Waals surface area contributed by atoms with E-state index in [-0.39, 0.29) is 16.6 Å². The molecule has 5 nitrogen and oxygen atoms in total. The molecule has 1 rings (SSSR count). The van der Waals surface area contributed by atoms with E-state index in [0.29, 0.717) is 6.54 Å². The molecule has 1 aromatic carbocycles. The number of amides is 3. The van der Waals surface area contributed by atoms with Crippen molar-refractivity contribution in [1.29, 1.82) is 0 Å². The van der Waals surface area contributed by atoms with E-state index in [1.807, 2.05) is 6.92 Å². The summed E-state index contributed by atoms with van der Waals surface area (Å²) in [5, 5.41) is 7.66. The van der Waals surface area contributed by atoms with E-state index in [9.17, 15) is 14.0 Å². The standard InChI is InChI=1S/C13H17ClFN3O2/c1-3-6-16-12(19)8(2)17-13(20)18-11-5-4-9(15)7-10(11)14/h4-5,7-8H,3,6H2,1-2H3,(H,16,19)(H2,17,18,20)/t8-/m0/s1. The van der Waals surface area contributed by atoms with Gasteiger partial charge < -0.3 is 16.0 Å². The number of benzene rings is 1. The number of hydrogen-bond donors (Lipinski definition) is 3. The Balaban J connectivity index is 2.52. The minimum Gasteiger partial charge on any atom is -0.354 e. The summed E-state index contributed by atoms with van der Waals surface area (Å²) in [7, 11) is 0. The molecule has 110 valence electrons. The Morgan fingerprint density at radius 3 is 2.70 bits per heavy atom. The topological polar surface area (TPSA) is 70.2 Å². The number of halogens is 2. The summed E-state index contributed by atoms with van der Waals surface area (Å²) < 4.78 is 12.9. The zero-order valence-corrected chi connectivity index (χ0v) is 12.1. The first-order valence-corrected chi connectivity index (χ1v) is 6.62. The van der Waals surface area contributed by atoms with E-state index in [1.165, 1.54) is 12.1 Å². The second kappa shape index (κ2) is 7.69. The van der Waals surface area contributed by atoms with Gasteiger partial charge in [0.05, 0.1) is 10.7 Å². The Bertz CT molecular complexity index is 497. The zero-order chi connectivity index (χ0) is 15.1. The van der Waals surface area contributed by atoms with Gasteiger partial charge in [-0.15, -0.1) is 0 Å². The molecule has 0 spiro atoms. The fourth-order valence-electron chi connectivity index (χ4n) is 1.41. The summed E-state index contributed by atoms with van der Waals surface area (Å²) in [6.07, 6.45) is 0.815. The first-order valence-electron chi connectivity index (χ1n) is 6.24. The van der Waals surface area contributed by atoms with E-state index in [4.69, 9.17) is 11.6 Å². The van der Waals surface area contributed by atoms with Crippen LogP contribution in [0.5, 0.6) is 0 Å². The van der Waals surface area contributed by atoms with E-state index in [0.717, 1.165) is 12.5 Å². The number of urea groups is 1. The Kier molecular flexibility index (Phi) is 6.24. The van der Waals surface area contributed by atoms with Crippen LogP contribution >= 0.6 is 11.6 Å². The van der Waals surface area contributed by atoms with E-state index < -0.39 is 17.9 Å². The van der Waals surface area contributed by atoms with Crippen molar-refractivity contribution in [2.45, 2.75) is 26.3 Å². The lowest BCUT2D eigenvalue weighted by molar-refractivity contribution is -0.122. The van der Waals surface area contributed by atoms with Crippen molar-refractivity contribution in [1.82, 2.24) is 10.6 Å². The summed E-state index contributed by atoms with van der Waals surface area (Å²) in [4.78, 5) is 23.3. The maximum absolute atomic E-state index is 12.9. The maximum Gasteiger partial charge on any atom is 0.319 e. The van der Waals surface area contributed by atoms with Gasteiger partial charge in [0, 0.05) is 6.54 Å². The van der Waals surface area contributed by atoms with Gasteiger partial charge in [-0.1, -0.05) is 18.5 Å². The Labute approximate surface area is 121 Å². The van der Waals surface area contributed by atoms with Crippen LogP contribution in [0.4, 0.5) is 14.9 Å². The number of hydrogen-bond acceptors (Lipinski definition) is 2. The molecule has 0 radical (unpaired) electrons. The third-order valence-electron chi connectivity index (χ3n) is 2.47. The van der Waals surface area contributed by atoms with Crippen molar-refractivity contribution < 1.29 is 14.0 Å². The average molecular weight is 302 g/mol. The lowest BCUT2D eigenvalue weighted by Crippen LogP contribution is -2.46. The second-order valence-corrected chi connectivity index (χ2v) is 4.64. The molecule has 0 aliphatic rings. The Morgan fingerprint density at radius 2 is 2.10 bits per heavy atom. The van der Waals surface area contributed by atoms with Crippen LogP contribution in [0, 0.1) is 5.82 Å². The molecule has 0 bridgehead atoms. The fraction of sp³-hybridized carbons (Fsp3) is 0.385. The molecule has 20 heavy (non-hydrogen) atoms. The van der Waals surface area contributed by atoms with Gasteiger partial charge in [0.1, 0.15) is 11.9 Å². The molecule has 0 aromatic heterocycles. The molecule has 0 heterocycles. The summed E-state index contributed by atoms with van der Waals surface area (Å²) in [5.74, 6) is -0.763. The van der Waals surface area contributed by atoms with Crippen molar-refractivity contribution in [3.63, 3.8) is 0 Å². The molecule has 0 aliphatic carbocycles. The van der Waals surface area contributed by atoms with E-state index in [2.05, 4.69) is 16.0 Å². The third-order valence-corrected chi connectivity index (χ3v) is 2.78. The highest BCUT2D eigenvalue weighted by Gasteiger charge is 2.15. The van der Waals surface area contributed by atoms with Gasteiger partial charge in [0.25, 0.3) is 0 Å². The predicted octanol–water partition coefficient (Wildman–Crippen LogP) is 2.52. The molecular formula is C13H17ClFN3O2. The van der Waals surface area contributed by atoms with Crippen molar-refractivity contribution in [2.75, 3.05) is 11.9 Å². The van der Waals surface area contributed by atoms with Crippen LogP contribution in [0.25, 0.3) is 0 Å². The highest BCUT2D eigenvalue weighted by molar-refractivity contribution is 6.33. The van der Waals surface area contributed by atoms with Crippen LogP contribution in [-0.4, -0.2) is 24.5 Å². The van der Waals surface area contributed by atoms with Crippen LogP contribution in [-0.2, 0) is 4.79 Å². The Hall–Kier alpha value is -1.82. The lowest BCUT2D eigenvalue weighted by atomic mass is 10.3. The predicted molar refractivity (Wildman–Crippen MR) is 76.3 cm³/mol. The molecule has 0 fully saturated rings. The van der Waals surface area contributed by atoms with Crippen LogP contribution in [0.3, 0.4) is 0 Å². The SMILES string of the molecule is CCCNC(=O)[C@H](C)NC(=O)Nc1ccc(F)cc1Cl. The number of carbonyl (C=O) groups is 2. The monoisotopic (exact) mass is 301 g/mol. The fourth-order valence-corrected chi connectivity index (χ4v) is 1.63. The molecular weight excluding hydrogens is 285 g/mol. The molecule has 1 atom stereocenters. The number of nitrogens with one attached hydrogen (secondary N) is 3. The van der Waals surface area contributed by atoms with E-state index >= 15 is 0 Å². The van der Waals surface area contributed by atoms with Gasteiger partial charge in [-0.3, -0.25) is 4.79 Å². The second-order valence-electron chi connectivity index (χ2n) is 4.24. The van der Waals surface area contributed by atoms with Gasteiger partial charge in [0.15, 0.2) is 0 Å². The van der Waals surface area contributed by atoms with E-state index in [1.54, 1.807) is 6.92 Å². The third kappa shape index (κ3) is 5.05. The minimum absolute atomic E-state index is 0.0863. The van der Waals surface area contributed by atoms with Crippen LogP contribution in [0.1, 0.15) is 20.3 Å². The van der Waals surface area contributed by atoms with Crippen molar-refractivity contribution in [2.24, 2.45) is 0 Å². The molecule has 0 aliphatic heterocycles. The number of rotatable bonds is 5. The smallest absolute Gasteiger partial charge is 0.319 e. The molecule has 0 saturated heterocycles. The molecule has 3 amide bonds. The molecule has 1 aromatic rings. The van der Waals surface area contributed by atoms with Crippen LogP contribution < -0.4 is 16.0 Å². The summed E-state index contributed by atoms with van der Waals surface area (Å²) >= 11 is 5.78. The molecule has 0 saturated carbocycles. The lowest BCUT2D eigenvalue weighted by Gasteiger charge is -2.15. The Morgan fingerprint density at radius 1 is 1.40 bits per heavy atom. The largest absolute Gasteiger partial charge is 0.354 e. The first-order chi connectivity index (χ1) is 9.43.